The van der Waals surface area contributed by atoms with Crippen molar-refractivity contribution in [3.63, 3.8) is 0 Å². The van der Waals surface area contributed by atoms with Crippen LogP contribution in [0.25, 0.3) is 17.2 Å². The lowest BCUT2D eigenvalue weighted by Gasteiger charge is -2.04. The van der Waals surface area contributed by atoms with Gasteiger partial charge in [0.15, 0.2) is 0 Å². The Hall–Kier alpha value is -2.89. The fourth-order valence-corrected chi connectivity index (χ4v) is 3.48. The van der Waals surface area contributed by atoms with Crippen molar-refractivity contribution in [1.29, 1.82) is 0 Å². The Morgan fingerprint density at radius 3 is 2.38 bits per heavy atom. The maximum atomic E-state index is 12.1. The average molecular weight is 384 g/mol. The number of rotatable bonds is 5. The number of carbonyl (C=O) groups excluding carboxylic acids is 1. The zero-order valence-corrected chi connectivity index (χ0v) is 15.1. The van der Waals surface area contributed by atoms with Crippen molar-refractivity contribution in [1.82, 2.24) is 0 Å². The van der Waals surface area contributed by atoms with Gasteiger partial charge in [-0.3, -0.25) is 4.79 Å². The summed E-state index contributed by atoms with van der Waals surface area (Å²) < 4.78 is 0. The Balaban J connectivity index is 1.84. The van der Waals surface area contributed by atoms with Gasteiger partial charge in [-0.1, -0.05) is 54.1 Å². The van der Waals surface area contributed by atoms with Gasteiger partial charge < -0.3 is 10.4 Å². The molecule has 3 rings (SSSR count). The molecule has 6 heteroatoms. The molecule has 1 heterocycles. The van der Waals surface area contributed by atoms with Crippen LogP contribution in [0.1, 0.15) is 15.9 Å². The highest BCUT2D eigenvalue weighted by atomic mass is 35.5. The predicted molar refractivity (Wildman–Crippen MR) is 106 cm³/mol. The van der Waals surface area contributed by atoms with Crippen LogP contribution in [-0.2, 0) is 4.79 Å². The summed E-state index contributed by atoms with van der Waals surface area (Å²) in [7, 11) is 0. The van der Waals surface area contributed by atoms with Gasteiger partial charge in [-0.15, -0.1) is 11.3 Å². The molecule has 0 bridgehead atoms. The van der Waals surface area contributed by atoms with E-state index in [0.29, 0.717) is 15.6 Å². The fraction of sp³-hybridized carbons (Fsp3) is 0. The Kier molecular flexibility index (Phi) is 5.51. The van der Waals surface area contributed by atoms with Crippen molar-refractivity contribution < 1.29 is 14.7 Å². The summed E-state index contributed by atoms with van der Waals surface area (Å²) in [4.78, 5) is 23.9. The van der Waals surface area contributed by atoms with Crippen molar-refractivity contribution in [2.75, 3.05) is 5.32 Å². The molecule has 0 radical (unpaired) electrons. The van der Waals surface area contributed by atoms with Crippen LogP contribution in [0.15, 0.2) is 66.1 Å². The molecule has 2 N–H and O–H groups in total. The number of benzene rings is 2. The maximum absolute atomic E-state index is 12.1. The van der Waals surface area contributed by atoms with E-state index < -0.39 is 5.97 Å². The summed E-state index contributed by atoms with van der Waals surface area (Å²) in [5.74, 6) is -1.49. The molecule has 1 amide bonds. The second-order valence-electron chi connectivity index (χ2n) is 5.40. The minimum Gasteiger partial charge on any atom is -0.478 e. The molecule has 4 nitrogen and oxygen atoms in total. The largest absolute Gasteiger partial charge is 0.478 e. The first-order valence-corrected chi connectivity index (χ1v) is 8.95. The van der Waals surface area contributed by atoms with E-state index in [9.17, 15) is 14.7 Å². The van der Waals surface area contributed by atoms with Crippen LogP contribution in [0.2, 0.25) is 5.02 Å². The number of aromatic carboxylic acids is 1. The number of hydrogen-bond donors (Lipinski definition) is 2. The number of carbonyl (C=O) groups is 2. The number of halogens is 1. The number of hydrogen-bond acceptors (Lipinski definition) is 3. The lowest BCUT2D eigenvalue weighted by Crippen LogP contribution is -2.10. The SMILES string of the molecule is O=C(/C=C/c1ccccc1)Nc1scc(-c2ccc(Cl)cc2)c1C(=O)O. The van der Waals surface area contributed by atoms with Gasteiger partial charge in [-0.05, 0) is 29.3 Å². The van der Waals surface area contributed by atoms with Gasteiger partial charge >= 0.3 is 5.97 Å². The number of anilines is 1. The van der Waals surface area contributed by atoms with Crippen molar-refractivity contribution in [3.05, 3.63) is 82.2 Å². The van der Waals surface area contributed by atoms with Crippen LogP contribution in [0.4, 0.5) is 5.00 Å². The molecular weight excluding hydrogens is 370 g/mol. The van der Waals surface area contributed by atoms with Gasteiger partial charge in [0, 0.05) is 22.0 Å². The van der Waals surface area contributed by atoms with E-state index in [0.717, 1.165) is 11.1 Å². The standard InChI is InChI=1S/C20H14ClNO3S/c21-15-9-7-14(8-10-15)16-12-26-19(18(16)20(24)25)22-17(23)11-6-13-4-2-1-3-5-13/h1-12H,(H,22,23)(H,24,25)/b11-6+. The first kappa shape index (κ1) is 17.9. The molecule has 130 valence electrons. The molecule has 0 aliphatic carbocycles. The lowest BCUT2D eigenvalue weighted by atomic mass is 10.0. The maximum Gasteiger partial charge on any atom is 0.339 e. The zero-order valence-electron chi connectivity index (χ0n) is 13.5. The van der Waals surface area contributed by atoms with Crippen LogP contribution in [-0.4, -0.2) is 17.0 Å². The molecule has 26 heavy (non-hydrogen) atoms. The third-order valence-corrected chi connectivity index (χ3v) is 4.77. The van der Waals surface area contributed by atoms with Crippen LogP contribution >= 0.6 is 22.9 Å². The summed E-state index contributed by atoms with van der Waals surface area (Å²) in [6.45, 7) is 0. The number of nitrogens with one attached hydrogen (secondary N) is 1. The number of carboxylic acid groups (broad SMARTS) is 1. The van der Waals surface area contributed by atoms with Crippen LogP contribution in [0.3, 0.4) is 0 Å². The van der Waals surface area contributed by atoms with Crippen molar-refractivity contribution in [2.45, 2.75) is 0 Å². The van der Waals surface area contributed by atoms with Crippen LogP contribution in [0, 0.1) is 0 Å². The summed E-state index contributed by atoms with van der Waals surface area (Å²) in [6.07, 6.45) is 3.05. The highest BCUT2D eigenvalue weighted by Crippen LogP contribution is 2.36. The second kappa shape index (κ2) is 7.99. The Bertz CT molecular complexity index is 962. The summed E-state index contributed by atoms with van der Waals surface area (Å²) in [6, 6.07) is 16.3. The fourth-order valence-electron chi connectivity index (χ4n) is 2.39. The summed E-state index contributed by atoms with van der Waals surface area (Å²) in [5, 5.41) is 14.8. The Morgan fingerprint density at radius 1 is 1.04 bits per heavy atom. The average Bonchev–Trinajstić information content (AvgIpc) is 3.05. The number of amides is 1. The van der Waals surface area contributed by atoms with Crippen molar-refractivity contribution >= 4 is 45.9 Å². The van der Waals surface area contributed by atoms with Gasteiger partial charge in [0.2, 0.25) is 5.91 Å². The molecule has 2 aromatic carbocycles. The second-order valence-corrected chi connectivity index (χ2v) is 6.71. The molecular formula is C20H14ClNO3S. The first-order chi connectivity index (χ1) is 12.5. The number of carboxylic acids is 1. The molecule has 1 aromatic heterocycles. The highest BCUT2D eigenvalue weighted by Gasteiger charge is 2.20. The van der Waals surface area contributed by atoms with E-state index in [1.165, 1.54) is 17.4 Å². The topological polar surface area (TPSA) is 66.4 Å². The molecule has 0 spiro atoms. The van der Waals surface area contributed by atoms with E-state index in [1.54, 1.807) is 35.7 Å². The third-order valence-electron chi connectivity index (χ3n) is 3.62. The van der Waals surface area contributed by atoms with E-state index >= 15 is 0 Å². The normalized spacial score (nSPS) is 10.8. The summed E-state index contributed by atoms with van der Waals surface area (Å²) >= 11 is 7.06. The van der Waals surface area contributed by atoms with E-state index in [-0.39, 0.29) is 11.5 Å². The molecule has 3 aromatic rings. The van der Waals surface area contributed by atoms with Gasteiger partial charge in [-0.25, -0.2) is 4.79 Å². The Morgan fingerprint density at radius 2 is 1.73 bits per heavy atom. The van der Waals surface area contributed by atoms with E-state index in [4.69, 9.17) is 11.6 Å². The Labute approximate surface area is 159 Å². The molecule has 0 aliphatic rings. The van der Waals surface area contributed by atoms with Crippen molar-refractivity contribution in [2.24, 2.45) is 0 Å². The minimum atomic E-state index is -1.10. The van der Waals surface area contributed by atoms with Gasteiger partial charge in [0.1, 0.15) is 10.6 Å². The van der Waals surface area contributed by atoms with Crippen LogP contribution < -0.4 is 5.32 Å². The minimum absolute atomic E-state index is 0.0683. The molecule has 0 atom stereocenters. The molecule has 0 saturated heterocycles. The smallest absolute Gasteiger partial charge is 0.339 e. The zero-order chi connectivity index (χ0) is 18.5. The third kappa shape index (κ3) is 4.20. The number of thiophene rings is 1. The molecule has 0 unspecified atom stereocenters. The van der Waals surface area contributed by atoms with Gasteiger partial charge in [0.05, 0.1) is 0 Å². The predicted octanol–water partition coefficient (Wildman–Crippen LogP) is 5.42. The highest BCUT2D eigenvalue weighted by molar-refractivity contribution is 7.15. The first-order valence-electron chi connectivity index (χ1n) is 7.69. The van der Waals surface area contributed by atoms with Crippen molar-refractivity contribution in [3.8, 4) is 11.1 Å². The monoisotopic (exact) mass is 383 g/mol. The molecule has 0 aliphatic heterocycles. The quantitative estimate of drug-likeness (QED) is 0.578. The van der Waals surface area contributed by atoms with E-state index in [1.807, 2.05) is 30.3 Å². The van der Waals surface area contributed by atoms with Gasteiger partial charge in [0.25, 0.3) is 0 Å². The summed E-state index contributed by atoms with van der Waals surface area (Å²) in [5.41, 5.74) is 2.22. The lowest BCUT2D eigenvalue weighted by molar-refractivity contribution is -0.111. The van der Waals surface area contributed by atoms with Crippen LogP contribution in [0.5, 0.6) is 0 Å². The van der Waals surface area contributed by atoms with E-state index in [2.05, 4.69) is 5.32 Å². The molecule has 0 fully saturated rings. The molecule has 0 saturated carbocycles. The van der Waals surface area contributed by atoms with Gasteiger partial charge in [-0.2, -0.15) is 0 Å².